The van der Waals surface area contributed by atoms with Gasteiger partial charge in [-0.3, -0.25) is 10.2 Å². The van der Waals surface area contributed by atoms with E-state index in [0.29, 0.717) is 60.7 Å². The number of methoxy groups -OCH3 is 1. The van der Waals surface area contributed by atoms with Crippen LogP contribution in [0, 0.1) is 11.2 Å². The zero-order valence-electron chi connectivity index (χ0n) is 20.7. The van der Waals surface area contributed by atoms with Crippen LogP contribution in [0.25, 0.3) is 16.9 Å². The smallest absolute Gasteiger partial charge is 0.418 e. The van der Waals surface area contributed by atoms with E-state index in [9.17, 15) is 22.4 Å². The number of rotatable bonds is 5. The summed E-state index contributed by atoms with van der Waals surface area (Å²) in [6, 6.07) is 7.79. The van der Waals surface area contributed by atoms with Crippen LogP contribution in [0.3, 0.4) is 0 Å². The van der Waals surface area contributed by atoms with Crippen LogP contribution >= 0.6 is 0 Å². The van der Waals surface area contributed by atoms with E-state index in [1.54, 1.807) is 0 Å². The zero-order chi connectivity index (χ0) is 27.2. The molecule has 2 aliphatic heterocycles. The van der Waals surface area contributed by atoms with E-state index >= 15 is 0 Å². The van der Waals surface area contributed by atoms with Crippen molar-refractivity contribution in [3.8, 4) is 22.7 Å². The van der Waals surface area contributed by atoms with Crippen LogP contribution in [0.2, 0.25) is 0 Å². The number of alkyl halides is 3. The summed E-state index contributed by atoms with van der Waals surface area (Å²) in [6.45, 7) is 2.91. The summed E-state index contributed by atoms with van der Waals surface area (Å²) in [5.41, 5.74) is 0.916. The molecule has 3 aromatic rings. The normalized spacial score (nSPS) is 16.8. The zero-order valence-corrected chi connectivity index (χ0v) is 20.7. The van der Waals surface area contributed by atoms with Crippen molar-refractivity contribution < 1.29 is 27.1 Å². The summed E-state index contributed by atoms with van der Waals surface area (Å²) >= 11 is 0. The summed E-state index contributed by atoms with van der Waals surface area (Å²) < 4.78 is 62.7. The number of carbonyl (C=O) groups is 1. The topological polar surface area (TPSA) is 95.3 Å². The molecule has 3 N–H and O–H groups in total. The maximum absolute atomic E-state index is 14.2. The van der Waals surface area contributed by atoms with Crippen LogP contribution in [0.5, 0.6) is 5.75 Å². The van der Waals surface area contributed by atoms with Crippen LogP contribution < -0.4 is 25.8 Å². The van der Waals surface area contributed by atoms with Crippen LogP contribution in [-0.4, -0.2) is 48.5 Å². The third kappa shape index (κ3) is 4.66. The number of benzene rings is 2. The summed E-state index contributed by atoms with van der Waals surface area (Å²) in [5.74, 6) is -0.767. The van der Waals surface area contributed by atoms with Crippen molar-refractivity contribution in [1.29, 1.82) is 5.41 Å². The summed E-state index contributed by atoms with van der Waals surface area (Å²) in [4.78, 5) is 13.3. The van der Waals surface area contributed by atoms with Crippen LogP contribution in [0.1, 0.15) is 24.5 Å². The molecule has 1 amide bonds. The SMILES string of the molecule is COc1cc(-c2nn(-c3cc(N4CC[C@@H](NC(C)=O)C4)ccc3C(F)(F)F)c(=N)c3c2CCN3)ccc1F. The first kappa shape index (κ1) is 25.6. The maximum Gasteiger partial charge on any atom is 0.418 e. The molecule has 0 spiro atoms. The molecule has 0 aliphatic carbocycles. The Morgan fingerprint density at radius 2 is 2.03 bits per heavy atom. The molecular weight excluding hydrogens is 504 g/mol. The third-order valence-corrected chi connectivity index (χ3v) is 6.81. The molecule has 200 valence electrons. The van der Waals surface area contributed by atoms with Crippen molar-refractivity contribution >= 4 is 17.3 Å². The standard InChI is InChI=1S/C26H26F4N6O2/c1-14(37)33-16-8-10-35(13-16)17-4-5-19(26(28,29)30)21(12-17)36-25(31)24-18(7-9-32-24)23(34-36)15-3-6-20(27)22(11-15)38-2/h3-6,11-12,16,31-32H,7-10,13H2,1-2H3,(H,33,37)/t16-/m1/s1. The lowest BCUT2D eigenvalue weighted by Crippen LogP contribution is -2.35. The highest BCUT2D eigenvalue weighted by Gasteiger charge is 2.36. The molecule has 0 saturated carbocycles. The van der Waals surface area contributed by atoms with Gasteiger partial charge in [0.1, 0.15) is 0 Å². The molecule has 1 fully saturated rings. The maximum atomic E-state index is 14.2. The largest absolute Gasteiger partial charge is 0.494 e. The quantitative estimate of drug-likeness (QED) is 0.436. The van der Waals surface area contributed by atoms with E-state index in [1.165, 1.54) is 44.4 Å². The molecule has 1 aromatic heterocycles. The molecule has 1 atom stereocenters. The number of aromatic nitrogens is 2. The molecule has 2 aromatic carbocycles. The first-order valence-corrected chi connectivity index (χ1v) is 12.1. The molecule has 12 heteroatoms. The van der Waals surface area contributed by atoms with Gasteiger partial charge in [-0.2, -0.15) is 18.3 Å². The van der Waals surface area contributed by atoms with Gasteiger partial charge >= 0.3 is 6.18 Å². The average Bonchev–Trinajstić information content (AvgIpc) is 3.54. The average molecular weight is 531 g/mol. The minimum absolute atomic E-state index is 0.0220. The van der Waals surface area contributed by atoms with Crippen molar-refractivity contribution in [2.24, 2.45) is 0 Å². The van der Waals surface area contributed by atoms with Crippen molar-refractivity contribution in [1.82, 2.24) is 15.1 Å². The Morgan fingerprint density at radius 1 is 1.24 bits per heavy atom. The first-order chi connectivity index (χ1) is 18.1. The van der Waals surface area contributed by atoms with E-state index in [1.807, 2.05) is 4.90 Å². The Morgan fingerprint density at radius 3 is 2.74 bits per heavy atom. The molecule has 2 aliphatic rings. The Bertz CT molecular complexity index is 1470. The van der Waals surface area contributed by atoms with Gasteiger partial charge in [-0.25, -0.2) is 9.07 Å². The Kier molecular flexibility index (Phi) is 6.49. The molecule has 3 heterocycles. The number of amides is 1. The van der Waals surface area contributed by atoms with E-state index in [-0.39, 0.29) is 28.9 Å². The number of nitrogens with one attached hydrogen (secondary N) is 3. The van der Waals surface area contributed by atoms with E-state index in [2.05, 4.69) is 15.7 Å². The summed E-state index contributed by atoms with van der Waals surface area (Å²) in [5, 5.41) is 19.2. The van der Waals surface area contributed by atoms with E-state index in [0.717, 1.165) is 10.7 Å². The van der Waals surface area contributed by atoms with Crippen molar-refractivity contribution in [2.45, 2.75) is 32.0 Å². The van der Waals surface area contributed by atoms with Gasteiger partial charge in [0.05, 0.1) is 29.7 Å². The molecule has 8 nitrogen and oxygen atoms in total. The van der Waals surface area contributed by atoms with Crippen molar-refractivity contribution in [3.05, 3.63) is 58.8 Å². The Hall–Kier alpha value is -4.09. The number of carbonyl (C=O) groups excluding carboxylic acids is 1. The number of nitrogens with zero attached hydrogens (tertiary/aromatic N) is 3. The third-order valence-electron chi connectivity index (χ3n) is 6.81. The highest BCUT2D eigenvalue weighted by atomic mass is 19.4. The fraction of sp³-hybridized carbons (Fsp3) is 0.346. The lowest BCUT2D eigenvalue weighted by atomic mass is 10.0. The van der Waals surface area contributed by atoms with Gasteiger partial charge in [-0.05, 0) is 49.2 Å². The van der Waals surface area contributed by atoms with Gasteiger partial charge in [-0.1, -0.05) is 0 Å². The van der Waals surface area contributed by atoms with Gasteiger partial charge < -0.3 is 20.3 Å². The summed E-state index contributed by atoms with van der Waals surface area (Å²) in [6.07, 6.45) is -3.54. The molecule has 5 rings (SSSR count). The fourth-order valence-electron chi connectivity index (χ4n) is 5.07. The molecule has 0 radical (unpaired) electrons. The number of fused-ring (bicyclic) bond motifs is 1. The number of hydrogen-bond acceptors (Lipinski definition) is 6. The van der Waals surface area contributed by atoms with E-state index < -0.39 is 17.6 Å². The highest BCUT2D eigenvalue weighted by Crippen LogP contribution is 2.38. The van der Waals surface area contributed by atoms with Gasteiger partial charge in [0, 0.05) is 49.4 Å². The second-order valence-corrected chi connectivity index (χ2v) is 9.32. The van der Waals surface area contributed by atoms with Gasteiger partial charge in [0.2, 0.25) is 5.91 Å². The van der Waals surface area contributed by atoms with Gasteiger partial charge in [-0.15, -0.1) is 0 Å². The highest BCUT2D eigenvalue weighted by molar-refractivity contribution is 5.74. The minimum atomic E-state index is -4.70. The Labute approximate surface area is 215 Å². The van der Waals surface area contributed by atoms with Crippen molar-refractivity contribution in [2.75, 3.05) is 37.0 Å². The number of halogens is 4. The molecule has 1 saturated heterocycles. The number of anilines is 2. The number of hydrogen-bond donors (Lipinski definition) is 3. The van der Waals surface area contributed by atoms with Crippen LogP contribution in [0.4, 0.5) is 28.9 Å². The van der Waals surface area contributed by atoms with Gasteiger partial charge in [0.15, 0.2) is 17.1 Å². The van der Waals surface area contributed by atoms with Gasteiger partial charge in [0.25, 0.3) is 0 Å². The van der Waals surface area contributed by atoms with Crippen LogP contribution in [0.15, 0.2) is 36.4 Å². The first-order valence-electron chi connectivity index (χ1n) is 12.1. The minimum Gasteiger partial charge on any atom is -0.494 e. The lowest BCUT2D eigenvalue weighted by Gasteiger charge is -2.23. The predicted octanol–water partition coefficient (Wildman–Crippen LogP) is 3.87. The monoisotopic (exact) mass is 530 g/mol. The predicted molar refractivity (Wildman–Crippen MR) is 133 cm³/mol. The molecular formula is C26H26F4N6O2. The number of ether oxygens (including phenoxy) is 1. The van der Waals surface area contributed by atoms with E-state index in [4.69, 9.17) is 10.1 Å². The lowest BCUT2D eigenvalue weighted by molar-refractivity contribution is -0.137. The fourth-order valence-corrected chi connectivity index (χ4v) is 5.07. The second kappa shape index (κ2) is 9.66. The molecule has 0 bridgehead atoms. The molecule has 0 unspecified atom stereocenters. The molecule has 38 heavy (non-hydrogen) atoms. The summed E-state index contributed by atoms with van der Waals surface area (Å²) in [7, 11) is 1.32. The second-order valence-electron chi connectivity index (χ2n) is 9.32. The van der Waals surface area contributed by atoms with Crippen LogP contribution in [-0.2, 0) is 17.4 Å². The van der Waals surface area contributed by atoms with Crippen molar-refractivity contribution in [3.63, 3.8) is 0 Å². The Balaban J connectivity index is 1.67.